The van der Waals surface area contributed by atoms with E-state index in [0.29, 0.717) is 45.2 Å². The van der Waals surface area contributed by atoms with Crippen LogP contribution in [0.1, 0.15) is 19.8 Å². The average molecular weight is 586 g/mol. The van der Waals surface area contributed by atoms with Gasteiger partial charge in [-0.15, -0.1) is 12.4 Å². The Bertz CT molecular complexity index is 1200. The summed E-state index contributed by atoms with van der Waals surface area (Å²) in [5.74, 6) is 3.29. The smallest absolute Gasteiger partial charge is 0.166 e. The molecule has 6 nitrogen and oxygen atoms in total. The molecular weight excluding hydrogens is 558 g/mol. The molecule has 1 aliphatic heterocycles. The van der Waals surface area contributed by atoms with Gasteiger partial charge in [0.15, 0.2) is 17.3 Å². The van der Waals surface area contributed by atoms with Gasteiger partial charge in [0, 0.05) is 29.0 Å². The molecule has 0 amide bonds. The highest BCUT2D eigenvalue weighted by molar-refractivity contribution is 9.10. The number of nitrogens with zero attached hydrogens (tertiary/aromatic N) is 3. The third-order valence-electron chi connectivity index (χ3n) is 7.05. The van der Waals surface area contributed by atoms with E-state index in [4.69, 9.17) is 21.1 Å². The first-order chi connectivity index (χ1) is 16.5. The van der Waals surface area contributed by atoms with Crippen LogP contribution in [0, 0.1) is 23.6 Å². The van der Waals surface area contributed by atoms with E-state index in [2.05, 4.69) is 43.0 Å². The molecule has 1 unspecified atom stereocenters. The molecule has 1 saturated heterocycles. The fourth-order valence-electron chi connectivity index (χ4n) is 5.31. The SMILES string of the molecule is CCN1C[C@H]2CC(COc3cc4ncnc(Nc5ccc(Br)c(Cl)c5F)c4cc3OC)C[C@H]2C1.Cl. The second-order valence-electron chi connectivity index (χ2n) is 9.11. The molecule has 5 rings (SSSR count). The van der Waals surface area contributed by atoms with E-state index in [1.165, 1.54) is 32.3 Å². The number of fused-ring (bicyclic) bond motifs is 2. The van der Waals surface area contributed by atoms with Gasteiger partial charge in [0.2, 0.25) is 0 Å². The fourth-order valence-corrected chi connectivity index (χ4v) is 5.78. The fraction of sp³-hybridized carbons (Fsp3) is 0.440. The van der Waals surface area contributed by atoms with Crippen molar-refractivity contribution in [2.24, 2.45) is 17.8 Å². The third kappa shape index (κ3) is 5.31. The molecule has 1 saturated carbocycles. The van der Waals surface area contributed by atoms with Gasteiger partial charge in [0.05, 0.1) is 29.9 Å². The minimum Gasteiger partial charge on any atom is -0.493 e. The number of rotatable bonds is 7. The molecule has 1 N–H and O–H groups in total. The maximum absolute atomic E-state index is 14.6. The Labute approximate surface area is 224 Å². The van der Waals surface area contributed by atoms with Crippen molar-refractivity contribution < 1.29 is 13.9 Å². The topological polar surface area (TPSA) is 59.5 Å². The van der Waals surface area contributed by atoms with Crippen LogP contribution in [0.15, 0.2) is 35.1 Å². The third-order valence-corrected chi connectivity index (χ3v) is 8.31. The highest BCUT2D eigenvalue weighted by Crippen LogP contribution is 2.42. The second-order valence-corrected chi connectivity index (χ2v) is 10.3. The largest absolute Gasteiger partial charge is 0.493 e. The summed E-state index contributed by atoms with van der Waals surface area (Å²) in [6, 6.07) is 6.97. The van der Waals surface area contributed by atoms with E-state index in [-0.39, 0.29) is 23.1 Å². The van der Waals surface area contributed by atoms with Crippen molar-refractivity contribution in [3.05, 3.63) is 45.9 Å². The molecule has 188 valence electrons. The molecule has 35 heavy (non-hydrogen) atoms. The quantitative estimate of drug-likeness (QED) is 0.311. The average Bonchev–Trinajstić information content (AvgIpc) is 3.41. The zero-order valence-corrected chi connectivity index (χ0v) is 22.7. The standard InChI is InChI=1S/C25H27BrClFN4O2.ClH/c1-3-32-10-15-6-14(7-16(15)11-32)12-34-22-9-20-17(8-21(22)33-2)25(30-13-29-20)31-19-5-4-18(26)23(27)24(19)28;/h4-5,8-9,13-16H,3,6-7,10-12H2,1-2H3,(H,29,30,31);1H/t14?,15-,16+;. The summed E-state index contributed by atoms with van der Waals surface area (Å²) in [4.78, 5) is 11.3. The summed E-state index contributed by atoms with van der Waals surface area (Å²) in [6.45, 7) is 6.48. The van der Waals surface area contributed by atoms with E-state index in [9.17, 15) is 4.39 Å². The van der Waals surface area contributed by atoms with Gasteiger partial charge in [-0.05, 0) is 71.3 Å². The van der Waals surface area contributed by atoms with Crippen LogP contribution in [0.2, 0.25) is 5.02 Å². The van der Waals surface area contributed by atoms with Crippen molar-refractivity contribution >= 4 is 62.3 Å². The molecule has 0 bridgehead atoms. The van der Waals surface area contributed by atoms with Crippen molar-refractivity contribution in [3.8, 4) is 11.5 Å². The van der Waals surface area contributed by atoms with Gasteiger partial charge in [-0.25, -0.2) is 14.4 Å². The Hall–Kier alpha value is -1.87. The Morgan fingerprint density at radius 1 is 1.17 bits per heavy atom. The number of hydrogen-bond donors (Lipinski definition) is 1. The predicted molar refractivity (Wildman–Crippen MR) is 143 cm³/mol. The molecule has 2 aliphatic rings. The first-order valence-corrected chi connectivity index (χ1v) is 12.7. The Morgan fingerprint density at radius 2 is 1.91 bits per heavy atom. The maximum Gasteiger partial charge on any atom is 0.166 e. The number of hydrogen-bond acceptors (Lipinski definition) is 6. The van der Waals surface area contributed by atoms with Gasteiger partial charge in [-0.2, -0.15) is 0 Å². The normalized spacial score (nSPS) is 21.6. The molecule has 1 aliphatic carbocycles. The lowest BCUT2D eigenvalue weighted by atomic mass is 10.0. The van der Waals surface area contributed by atoms with Gasteiger partial charge in [0.25, 0.3) is 0 Å². The zero-order chi connectivity index (χ0) is 23.8. The van der Waals surface area contributed by atoms with Gasteiger partial charge >= 0.3 is 0 Å². The highest BCUT2D eigenvalue weighted by atomic mass is 79.9. The lowest BCUT2D eigenvalue weighted by Crippen LogP contribution is -2.22. The Balaban J connectivity index is 0.00000289. The summed E-state index contributed by atoms with van der Waals surface area (Å²) in [7, 11) is 1.61. The molecule has 2 aromatic carbocycles. The van der Waals surface area contributed by atoms with Crippen LogP contribution >= 0.6 is 39.9 Å². The van der Waals surface area contributed by atoms with Crippen molar-refractivity contribution in [3.63, 3.8) is 0 Å². The number of ether oxygens (including phenoxy) is 2. The van der Waals surface area contributed by atoms with Crippen LogP contribution in [0.5, 0.6) is 11.5 Å². The summed E-state index contributed by atoms with van der Waals surface area (Å²) in [5, 5.41) is 3.73. The molecule has 2 fully saturated rings. The summed E-state index contributed by atoms with van der Waals surface area (Å²) >= 11 is 9.27. The highest BCUT2D eigenvalue weighted by Gasteiger charge is 2.40. The predicted octanol–water partition coefficient (Wildman–Crippen LogP) is 6.72. The lowest BCUT2D eigenvalue weighted by molar-refractivity contribution is 0.223. The maximum atomic E-state index is 14.6. The number of benzene rings is 2. The van der Waals surface area contributed by atoms with Crippen LogP contribution in [-0.4, -0.2) is 48.2 Å². The minimum absolute atomic E-state index is 0. The van der Waals surface area contributed by atoms with Gasteiger partial charge < -0.3 is 19.7 Å². The van der Waals surface area contributed by atoms with Gasteiger partial charge in [0.1, 0.15) is 12.1 Å². The minimum atomic E-state index is -0.557. The zero-order valence-electron chi connectivity index (χ0n) is 19.6. The molecule has 2 heterocycles. The van der Waals surface area contributed by atoms with Crippen LogP contribution in [0.3, 0.4) is 0 Å². The van der Waals surface area contributed by atoms with E-state index in [1.54, 1.807) is 19.2 Å². The number of aromatic nitrogens is 2. The van der Waals surface area contributed by atoms with Crippen LogP contribution < -0.4 is 14.8 Å². The first kappa shape index (κ1) is 26.2. The van der Waals surface area contributed by atoms with E-state index in [0.717, 1.165) is 18.4 Å². The van der Waals surface area contributed by atoms with Crippen LogP contribution in [0.25, 0.3) is 10.9 Å². The monoisotopic (exact) mass is 584 g/mol. The van der Waals surface area contributed by atoms with E-state index >= 15 is 0 Å². The number of halogens is 4. The molecule has 3 aromatic rings. The van der Waals surface area contributed by atoms with Crippen molar-refractivity contribution in [2.45, 2.75) is 19.8 Å². The van der Waals surface area contributed by atoms with Crippen molar-refractivity contribution in [2.75, 3.05) is 38.7 Å². The number of anilines is 2. The molecule has 0 radical (unpaired) electrons. The van der Waals surface area contributed by atoms with Crippen molar-refractivity contribution in [1.29, 1.82) is 0 Å². The summed E-state index contributed by atoms with van der Waals surface area (Å²) in [5.41, 5.74) is 0.903. The number of likely N-dealkylation sites (tertiary alicyclic amines) is 1. The summed E-state index contributed by atoms with van der Waals surface area (Å²) in [6.07, 6.45) is 3.88. The summed E-state index contributed by atoms with van der Waals surface area (Å²) < 4.78 is 27.0. The molecule has 1 aromatic heterocycles. The number of nitrogens with one attached hydrogen (secondary N) is 1. The van der Waals surface area contributed by atoms with Crippen molar-refractivity contribution in [1.82, 2.24) is 14.9 Å². The first-order valence-electron chi connectivity index (χ1n) is 11.5. The van der Waals surface area contributed by atoms with E-state index < -0.39 is 5.82 Å². The molecule has 0 spiro atoms. The second kappa shape index (κ2) is 11.0. The molecule has 3 atom stereocenters. The van der Waals surface area contributed by atoms with Crippen LogP contribution in [-0.2, 0) is 0 Å². The van der Waals surface area contributed by atoms with E-state index in [1.807, 2.05) is 12.1 Å². The molecule has 10 heteroatoms. The Kier molecular flexibility index (Phi) is 8.26. The Morgan fingerprint density at radius 3 is 2.60 bits per heavy atom. The number of methoxy groups -OCH3 is 1. The lowest BCUT2D eigenvalue weighted by Gasteiger charge is -2.18. The van der Waals surface area contributed by atoms with Gasteiger partial charge in [-0.3, -0.25) is 0 Å². The van der Waals surface area contributed by atoms with Crippen LogP contribution in [0.4, 0.5) is 15.9 Å². The van der Waals surface area contributed by atoms with Gasteiger partial charge in [-0.1, -0.05) is 18.5 Å². The molecular formula is C25H28BrCl2FN4O2.